The van der Waals surface area contributed by atoms with Gasteiger partial charge in [0.2, 0.25) is 11.8 Å². The lowest BCUT2D eigenvalue weighted by atomic mass is 10.2. The van der Waals surface area contributed by atoms with E-state index in [0.29, 0.717) is 29.6 Å². The Labute approximate surface area is 201 Å². The molecule has 2 heterocycles. The van der Waals surface area contributed by atoms with Crippen LogP contribution in [-0.4, -0.2) is 38.9 Å². The van der Waals surface area contributed by atoms with Gasteiger partial charge in [-0.15, -0.1) is 10.2 Å². The van der Waals surface area contributed by atoms with Gasteiger partial charge in [0.05, 0.1) is 17.1 Å². The summed E-state index contributed by atoms with van der Waals surface area (Å²) in [7, 11) is 0. The number of nitrogens with one attached hydrogen (secondary N) is 1. The van der Waals surface area contributed by atoms with Gasteiger partial charge in [0.25, 0.3) is 0 Å². The molecule has 0 unspecified atom stereocenters. The first-order valence-electron chi connectivity index (χ1n) is 11.1. The molecule has 1 aliphatic heterocycles. The van der Waals surface area contributed by atoms with E-state index in [1.165, 1.54) is 11.8 Å². The lowest BCUT2D eigenvalue weighted by Crippen LogP contribution is -2.26. The van der Waals surface area contributed by atoms with Crippen molar-refractivity contribution in [2.75, 3.05) is 22.5 Å². The Bertz CT molecular complexity index is 1310. The maximum absolute atomic E-state index is 12.9. The van der Waals surface area contributed by atoms with E-state index in [-0.39, 0.29) is 17.6 Å². The molecule has 1 aliphatic rings. The molecule has 1 aromatic heterocycles. The summed E-state index contributed by atoms with van der Waals surface area (Å²) in [5, 5.41) is 12.4. The number of carbonyl (C=O) groups excluding carboxylic acids is 2. The van der Waals surface area contributed by atoms with Crippen molar-refractivity contribution in [3.05, 3.63) is 84.9 Å². The number of amides is 2. The average Bonchev–Trinajstić information content (AvgIpc) is 3.50. The Morgan fingerprint density at radius 2 is 1.62 bits per heavy atom. The summed E-state index contributed by atoms with van der Waals surface area (Å²) >= 11 is 1.32. The van der Waals surface area contributed by atoms with Crippen molar-refractivity contribution in [1.82, 2.24) is 14.8 Å². The van der Waals surface area contributed by atoms with Crippen molar-refractivity contribution in [2.24, 2.45) is 0 Å². The number of benzene rings is 3. The molecule has 0 atom stereocenters. The summed E-state index contributed by atoms with van der Waals surface area (Å²) in [6.45, 7) is 0.670. The molecule has 0 spiro atoms. The Kier molecular flexibility index (Phi) is 6.40. The molecule has 0 bridgehead atoms. The van der Waals surface area contributed by atoms with Gasteiger partial charge in [-0.3, -0.25) is 14.2 Å². The van der Waals surface area contributed by atoms with Crippen LogP contribution in [0.4, 0.5) is 11.4 Å². The highest BCUT2D eigenvalue weighted by Gasteiger charge is 2.24. The van der Waals surface area contributed by atoms with Crippen LogP contribution in [0.25, 0.3) is 17.1 Å². The Balaban J connectivity index is 1.36. The maximum atomic E-state index is 12.9. The summed E-state index contributed by atoms with van der Waals surface area (Å²) in [5.41, 5.74) is 3.24. The molecule has 5 rings (SSSR count). The minimum absolute atomic E-state index is 0.0838. The number of nitrogens with zero attached hydrogens (tertiary/aromatic N) is 4. The number of anilines is 2. The molecule has 1 saturated heterocycles. The van der Waals surface area contributed by atoms with E-state index in [1.54, 1.807) is 4.90 Å². The van der Waals surface area contributed by atoms with Crippen molar-refractivity contribution in [1.29, 1.82) is 0 Å². The van der Waals surface area contributed by atoms with Gasteiger partial charge < -0.3 is 10.2 Å². The Morgan fingerprint density at radius 1 is 0.912 bits per heavy atom. The van der Waals surface area contributed by atoms with Crippen LogP contribution >= 0.6 is 11.8 Å². The van der Waals surface area contributed by atoms with E-state index in [4.69, 9.17) is 0 Å². The zero-order valence-electron chi connectivity index (χ0n) is 18.4. The number of aromatic nitrogens is 3. The number of thioether (sulfide) groups is 1. The molecule has 0 saturated carbocycles. The topological polar surface area (TPSA) is 80.1 Å². The fourth-order valence-corrected chi connectivity index (χ4v) is 4.73. The first kappa shape index (κ1) is 21.9. The van der Waals surface area contributed by atoms with Crippen molar-refractivity contribution in [2.45, 2.75) is 18.0 Å². The van der Waals surface area contributed by atoms with E-state index in [0.717, 1.165) is 23.4 Å². The molecule has 170 valence electrons. The molecule has 0 radical (unpaired) electrons. The van der Waals surface area contributed by atoms with Crippen molar-refractivity contribution in [3.63, 3.8) is 0 Å². The van der Waals surface area contributed by atoms with Crippen LogP contribution in [-0.2, 0) is 9.59 Å². The van der Waals surface area contributed by atoms with E-state index >= 15 is 0 Å². The quantitative estimate of drug-likeness (QED) is 0.394. The number of hydrogen-bond acceptors (Lipinski definition) is 5. The maximum Gasteiger partial charge on any atom is 0.234 e. The van der Waals surface area contributed by atoms with Gasteiger partial charge in [0.15, 0.2) is 11.0 Å². The largest absolute Gasteiger partial charge is 0.324 e. The zero-order chi connectivity index (χ0) is 23.3. The van der Waals surface area contributed by atoms with Crippen LogP contribution in [0.1, 0.15) is 12.8 Å². The van der Waals surface area contributed by atoms with Gasteiger partial charge in [-0.25, -0.2) is 0 Å². The van der Waals surface area contributed by atoms with Gasteiger partial charge in [0.1, 0.15) is 0 Å². The normalized spacial score (nSPS) is 13.3. The number of rotatable bonds is 7. The summed E-state index contributed by atoms with van der Waals surface area (Å²) in [6, 6.07) is 27.1. The van der Waals surface area contributed by atoms with Gasteiger partial charge >= 0.3 is 0 Å². The predicted molar refractivity (Wildman–Crippen MR) is 134 cm³/mol. The molecule has 1 N–H and O–H groups in total. The molecule has 8 heteroatoms. The first-order valence-corrected chi connectivity index (χ1v) is 12.1. The third-order valence-electron chi connectivity index (χ3n) is 5.55. The monoisotopic (exact) mass is 469 g/mol. The average molecular weight is 470 g/mol. The highest BCUT2D eigenvalue weighted by atomic mass is 32.2. The summed E-state index contributed by atoms with van der Waals surface area (Å²) < 4.78 is 1.96. The second-order valence-electron chi connectivity index (χ2n) is 7.85. The molecule has 34 heavy (non-hydrogen) atoms. The molecule has 3 aromatic carbocycles. The highest BCUT2D eigenvalue weighted by Crippen LogP contribution is 2.31. The standard InChI is InChI=1S/C26H23N5O2S/c32-23(27-21-14-7-8-15-22(21)30-17-9-16-24(30)33)18-34-26-29-28-25(19-10-3-1-4-11-19)31(26)20-12-5-2-6-13-20/h1-8,10-15H,9,16-18H2,(H,27,32). The number of carbonyl (C=O) groups is 2. The molecular weight excluding hydrogens is 446 g/mol. The second-order valence-corrected chi connectivity index (χ2v) is 8.79. The summed E-state index contributed by atoms with van der Waals surface area (Å²) in [5.74, 6) is 0.781. The van der Waals surface area contributed by atoms with Crippen LogP contribution in [0.2, 0.25) is 0 Å². The molecule has 4 aromatic rings. The van der Waals surface area contributed by atoms with Gasteiger partial charge in [0, 0.05) is 24.2 Å². The molecular formula is C26H23N5O2S. The lowest BCUT2D eigenvalue weighted by Gasteiger charge is -2.19. The van der Waals surface area contributed by atoms with Crippen molar-refractivity contribution >= 4 is 35.0 Å². The summed E-state index contributed by atoms with van der Waals surface area (Å²) in [6.07, 6.45) is 1.37. The van der Waals surface area contributed by atoms with E-state index in [2.05, 4.69) is 15.5 Å². The SMILES string of the molecule is O=C(CSc1nnc(-c2ccccc2)n1-c1ccccc1)Nc1ccccc1N1CCCC1=O. The molecule has 2 amide bonds. The third kappa shape index (κ3) is 4.58. The first-order chi connectivity index (χ1) is 16.7. The third-order valence-corrected chi connectivity index (χ3v) is 6.48. The zero-order valence-corrected chi connectivity index (χ0v) is 19.2. The highest BCUT2D eigenvalue weighted by molar-refractivity contribution is 7.99. The smallest absolute Gasteiger partial charge is 0.234 e. The van der Waals surface area contributed by atoms with Crippen molar-refractivity contribution in [3.8, 4) is 17.1 Å². The molecule has 0 aliphatic carbocycles. The van der Waals surface area contributed by atoms with Crippen LogP contribution in [0, 0.1) is 0 Å². The van der Waals surface area contributed by atoms with Crippen LogP contribution < -0.4 is 10.2 Å². The number of para-hydroxylation sites is 3. The number of hydrogen-bond donors (Lipinski definition) is 1. The molecule has 7 nitrogen and oxygen atoms in total. The fourth-order valence-electron chi connectivity index (χ4n) is 3.98. The lowest BCUT2D eigenvalue weighted by molar-refractivity contribution is -0.117. The van der Waals surface area contributed by atoms with Gasteiger partial charge in [-0.2, -0.15) is 0 Å². The van der Waals surface area contributed by atoms with Crippen molar-refractivity contribution < 1.29 is 9.59 Å². The minimum atomic E-state index is -0.173. The Morgan fingerprint density at radius 3 is 2.35 bits per heavy atom. The van der Waals surface area contributed by atoms with Crippen LogP contribution in [0.15, 0.2) is 90.1 Å². The fraction of sp³-hybridized carbons (Fsp3) is 0.154. The van der Waals surface area contributed by atoms with Gasteiger partial charge in [-0.1, -0.05) is 72.4 Å². The predicted octanol–water partition coefficient (Wildman–Crippen LogP) is 4.79. The van der Waals surface area contributed by atoms with E-state index in [1.807, 2.05) is 89.5 Å². The van der Waals surface area contributed by atoms with Crippen LogP contribution in [0.3, 0.4) is 0 Å². The van der Waals surface area contributed by atoms with Crippen LogP contribution in [0.5, 0.6) is 0 Å². The van der Waals surface area contributed by atoms with E-state index in [9.17, 15) is 9.59 Å². The summed E-state index contributed by atoms with van der Waals surface area (Å²) in [4.78, 5) is 26.8. The van der Waals surface area contributed by atoms with Gasteiger partial charge in [-0.05, 0) is 30.7 Å². The Hall–Kier alpha value is -3.91. The van der Waals surface area contributed by atoms with E-state index < -0.39 is 0 Å². The second kappa shape index (κ2) is 9.93. The minimum Gasteiger partial charge on any atom is -0.324 e. The molecule has 1 fully saturated rings.